The summed E-state index contributed by atoms with van der Waals surface area (Å²) in [6.07, 6.45) is -11.8. The van der Waals surface area contributed by atoms with Gasteiger partial charge in [-0.15, -0.1) is 0 Å². The summed E-state index contributed by atoms with van der Waals surface area (Å²) in [5.74, 6) is -84.8. The summed E-state index contributed by atoms with van der Waals surface area (Å²) in [6, 6.07) is 0. The molecule has 0 radical (unpaired) electrons. The van der Waals surface area contributed by atoms with E-state index in [0.29, 0.717) is 0 Å². The van der Waals surface area contributed by atoms with Crippen LogP contribution < -0.4 is 0 Å². The highest BCUT2D eigenvalue weighted by Crippen LogP contribution is 2.66. The molecule has 0 aliphatic heterocycles. The summed E-state index contributed by atoms with van der Waals surface area (Å²) >= 11 is 0. The van der Waals surface area contributed by atoms with Crippen molar-refractivity contribution in [2.24, 2.45) is 0 Å². The largest absolute Gasteiger partial charge is 0.460 e. The van der Waals surface area contributed by atoms with Gasteiger partial charge in [0.15, 0.2) is 5.78 Å². The molecule has 0 saturated heterocycles. The molecule has 0 unspecified atom stereocenters. The van der Waals surface area contributed by atoms with E-state index in [1.54, 1.807) is 0 Å². The minimum Gasteiger partial charge on any atom is -0.298 e. The van der Waals surface area contributed by atoms with Gasteiger partial charge in [-0.2, -0.15) is 101 Å². The number of Topliss-reactive ketones (excluding diaryl/α,β-unsaturated/α-hetero) is 1. The summed E-state index contributed by atoms with van der Waals surface area (Å²) in [5.41, 5.74) is 0. The van der Waals surface area contributed by atoms with Gasteiger partial charge >= 0.3 is 59.5 Å². The van der Waals surface area contributed by atoms with Crippen molar-refractivity contribution in [2.45, 2.75) is 65.9 Å². The van der Waals surface area contributed by atoms with Gasteiger partial charge in [0.2, 0.25) is 0 Å². The highest BCUT2D eigenvalue weighted by Gasteiger charge is 2.97. The maximum atomic E-state index is 13.6. The molecular weight excluding hydrogens is 651 g/mol. The SMILES string of the molecule is O=C(CC(F)(F)C(F)(F)C(F)(F)C(F)(F)C(F)(F)C(F)(F)C(F)(F)C(F)(F)C(F)(F)C(F)(F)F)CS(=O)(=O)O. The minimum absolute atomic E-state index is 2.69. The quantitative estimate of drug-likeness (QED) is 0.203. The standard InChI is InChI=1S/C13H5F21O4S/c14-4(15,1-3(35)2-39(36,37)38)5(16,17)6(18,19)7(20,21)8(22,23)9(24,25)10(26,27)11(28,29)12(30,31)13(32,33)34/h1-2H2,(H,36,37,38). The van der Waals surface area contributed by atoms with Crippen LogP contribution in [0.15, 0.2) is 0 Å². The van der Waals surface area contributed by atoms with Crippen LogP contribution in [-0.4, -0.2) is 84.0 Å². The lowest BCUT2D eigenvalue weighted by Gasteiger charge is -2.44. The number of carbonyl (C=O) groups excluding carboxylic acids is 1. The molecule has 0 amide bonds. The fraction of sp³-hybridized carbons (Fsp3) is 0.923. The first-order chi connectivity index (χ1) is 16.4. The molecule has 0 saturated carbocycles. The highest BCUT2D eigenvalue weighted by molar-refractivity contribution is 7.86. The van der Waals surface area contributed by atoms with Crippen LogP contribution in [0.3, 0.4) is 0 Å². The molecule has 0 heterocycles. The molecule has 0 bridgehead atoms. The van der Waals surface area contributed by atoms with Crippen LogP contribution >= 0.6 is 0 Å². The summed E-state index contributed by atoms with van der Waals surface area (Å²) in [5, 5.41) is 0. The van der Waals surface area contributed by atoms with Crippen molar-refractivity contribution in [3.05, 3.63) is 0 Å². The molecule has 1 N–H and O–H groups in total. The predicted octanol–water partition coefficient (Wildman–Crippen LogP) is 6.11. The van der Waals surface area contributed by atoms with E-state index in [1.807, 2.05) is 0 Å². The van der Waals surface area contributed by atoms with Gasteiger partial charge in [0.1, 0.15) is 5.75 Å². The average Bonchev–Trinajstić information content (AvgIpc) is 2.63. The average molecular weight is 656 g/mol. The third kappa shape index (κ3) is 5.29. The first-order valence-corrected chi connectivity index (χ1v) is 9.90. The highest BCUT2D eigenvalue weighted by atomic mass is 32.2. The number of hydrogen-bond acceptors (Lipinski definition) is 3. The van der Waals surface area contributed by atoms with E-state index in [0.717, 1.165) is 0 Å². The van der Waals surface area contributed by atoms with Crippen LogP contribution in [0.5, 0.6) is 0 Å². The lowest BCUT2D eigenvalue weighted by molar-refractivity contribution is -0.474. The van der Waals surface area contributed by atoms with Gasteiger partial charge in [-0.1, -0.05) is 0 Å². The van der Waals surface area contributed by atoms with E-state index in [1.165, 1.54) is 0 Å². The second-order valence-corrected chi connectivity index (χ2v) is 8.69. The van der Waals surface area contributed by atoms with Gasteiger partial charge < -0.3 is 0 Å². The Kier molecular flexibility index (Phi) is 8.87. The van der Waals surface area contributed by atoms with Crippen LogP contribution in [0.2, 0.25) is 0 Å². The van der Waals surface area contributed by atoms with E-state index in [9.17, 15) is 105 Å². The van der Waals surface area contributed by atoms with Crippen LogP contribution in [0.4, 0.5) is 92.2 Å². The Labute approximate surface area is 198 Å². The van der Waals surface area contributed by atoms with Crippen molar-refractivity contribution in [3.8, 4) is 0 Å². The lowest BCUT2D eigenvalue weighted by atomic mass is 9.85. The molecule has 0 aliphatic carbocycles. The van der Waals surface area contributed by atoms with Crippen molar-refractivity contribution >= 4 is 15.9 Å². The Balaban J connectivity index is 6.98. The van der Waals surface area contributed by atoms with Crippen molar-refractivity contribution in [1.29, 1.82) is 0 Å². The second-order valence-electron chi connectivity index (χ2n) is 7.24. The van der Waals surface area contributed by atoms with Gasteiger partial charge in [0, 0.05) is 0 Å². The first-order valence-electron chi connectivity index (χ1n) is 8.29. The molecule has 39 heavy (non-hydrogen) atoms. The Hall–Kier alpha value is -1.89. The van der Waals surface area contributed by atoms with E-state index >= 15 is 0 Å². The summed E-state index contributed by atoms with van der Waals surface area (Å²) in [6.45, 7) is 0. The third-order valence-electron chi connectivity index (χ3n) is 4.34. The predicted molar refractivity (Wildman–Crippen MR) is 76.6 cm³/mol. The Morgan fingerprint density at radius 2 is 0.692 bits per heavy atom. The maximum Gasteiger partial charge on any atom is 0.460 e. The smallest absolute Gasteiger partial charge is 0.298 e. The number of carbonyl (C=O) groups is 1. The minimum atomic E-state index is -9.32. The molecule has 0 atom stereocenters. The monoisotopic (exact) mass is 656 g/mol. The molecule has 0 rings (SSSR count). The van der Waals surface area contributed by atoms with E-state index in [4.69, 9.17) is 4.55 Å². The van der Waals surface area contributed by atoms with Crippen molar-refractivity contribution in [2.75, 3.05) is 5.75 Å². The van der Waals surface area contributed by atoms with Crippen LogP contribution in [0.25, 0.3) is 0 Å². The topological polar surface area (TPSA) is 71.4 Å². The molecule has 0 spiro atoms. The van der Waals surface area contributed by atoms with Crippen molar-refractivity contribution in [1.82, 2.24) is 0 Å². The molecule has 0 aliphatic rings. The number of hydrogen-bond donors (Lipinski definition) is 1. The summed E-state index contributed by atoms with van der Waals surface area (Å²) < 4.78 is 305. The zero-order valence-electron chi connectivity index (χ0n) is 16.9. The van der Waals surface area contributed by atoms with E-state index in [-0.39, 0.29) is 0 Å². The number of alkyl halides is 21. The van der Waals surface area contributed by atoms with Gasteiger partial charge in [-0.3, -0.25) is 9.35 Å². The maximum absolute atomic E-state index is 13.6. The fourth-order valence-electron chi connectivity index (χ4n) is 2.20. The molecule has 0 fully saturated rings. The van der Waals surface area contributed by atoms with Gasteiger partial charge in [0.25, 0.3) is 10.1 Å². The second kappa shape index (κ2) is 9.32. The first kappa shape index (κ1) is 37.1. The number of halogens is 21. The molecule has 0 aromatic carbocycles. The Morgan fingerprint density at radius 1 is 0.462 bits per heavy atom. The van der Waals surface area contributed by atoms with Gasteiger partial charge in [-0.25, -0.2) is 0 Å². The van der Waals surface area contributed by atoms with Crippen LogP contribution in [0.1, 0.15) is 6.42 Å². The Bertz CT molecular complexity index is 1040. The molecule has 4 nitrogen and oxygen atoms in total. The fourth-order valence-corrected chi connectivity index (χ4v) is 2.71. The summed E-state index contributed by atoms with van der Waals surface area (Å²) in [4.78, 5) is 10.9. The molecule has 0 aromatic rings. The van der Waals surface area contributed by atoms with Crippen LogP contribution in [-0.2, 0) is 14.9 Å². The molecule has 0 aromatic heterocycles. The van der Waals surface area contributed by atoms with Gasteiger partial charge in [0.05, 0.1) is 6.42 Å². The molecular formula is C13H5F21O4S. The number of ketones is 1. The molecule has 234 valence electrons. The zero-order valence-corrected chi connectivity index (χ0v) is 17.7. The number of rotatable bonds is 12. The van der Waals surface area contributed by atoms with E-state index in [2.05, 4.69) is 0 Å². The van der Waals surface area contributed by atoms with Gasteiger partial charge in [-0.05, 0) is 0 Å². The lowest BCUT2D eigenvalue weighted by Crippen LogP contribution is -2.76. The summed E-state index contributed by atoms with van der Waals surface area (Å²) in [7, 11) is -5.78. The molecule has 26 heteroatoms. The normalized spacial score (nSPS) is 16.5. The third-order valence-corrected chi connectivity index (χ3v) is 5.03. The van der Waals surface area contributed by atoms with Crippen molar-refractivity contribution in [3.63, 3.8) is 0 Å². The zero-order chi connectivity index (χ0) is 32.5. The van der Waals surface area contributed by atoms with E-state index < -0.39 is 87.6 Å². The van der Waals surface area contributed by atoms with Crippen LogP contribution in [0, 0.1) is 0 Å². The Morgan fingerprint density at radius 3 is 0.923 bits per heavy atom. The van der Waals surface area contributed by atoms with Crippen molar-refractivity contribution < 1.29 is 110 Å².